The molecule has 1 aromatic carbocycles. The van der Waals surface area contributed by atoms with E-state index < -0.39 is 0 Å². The van der Waals surface area contributed by atoms with Crippen LogP contribution in [0.4, 0.5) is 5.69 Å². The first-order chi connectivity index (χ1) is 15.5. The molecule has 1 saturated heterocycles. The van der Waals surface area contributed by atoms with Gasteiger partial charge in [-0.2, -0.15) is 9.78 Å². The Balaban J connectivity index is 1.17. The minimum Gasteiger partial charge on any atom is -0.365 e. The molecule has 1 amide bonds. The minimum atomic E-state index is -0.317. The second kappa shape index (κ2) is 7.62. The summed E-state index contributed by atoms with van der Waals surface area (Å²) in [7, 11) is 0. The average Bonchev–Trinajstić information content (AvgIpc) is 2.80. The Morgan fingerprint density at radius 3 is 2.12 bits per heavy atom. The number of benzene rings is 1. The van der Waals surface area contributed by atoms with E-state index in [9.17, 15) is 9.59 Å². The monoisotopic (exact) mass is 452 g/mol. The average molecular weight is 453 g/mol. The Labute approximate surface area is 193 Å². The molecule has 2 aromatic rings. The Morgan fingerprint density at radius 1 is 0.938 bits per heavy atom. The van der Waals surface area contributed by atoms with Gasteiger partial charge in [-0.25, -0.2) is 0 Å². The van der Waals surface area contributed by atoms with Crippen molar-refractivity contribution in [3.05, 3.63) is 51.9 Å². The predicted molar refractivity (Wildman–Crippen MR) is 124 cm³/mol. The SMILES string of the molecule is O=C(N1CCN(c2cnn(-c3ccccc3)c(=O)c2Cl)CC1)C12CC3CC(CC(C3)C1)C2. The first kappa shape index (κ1) is 20.3. The summed E-state index contributed by atoms with van der Waals surface area (Å²) in [4.78, 5) is 30.6. The van der Waals surface area contributed by atoms with Crippen LogP contribution < -0.4 is 10.5 Å². The van der Waals surface area contributed by atoms with Gasteiger partial charge in [-0.3, -0.25) is 9.59 Å². The number of hydrogen-bond donors (Lipinski definition) is 0. The van der Waals surface area contributed by atoms with Crippen LogP contribution in [0.2, 0.25) is 5.02 Å². The van der Waals surface area contributed by atoms with Crippen molar-refractivity contribution in [2.75, 3.05) is 31.1 Å². The zero-order valence-electron chi connectivity index (χ0n) is 18.3. The van der Waals surface area contributed by atoms with Crippen LogP contribution in [0.3, 0.4) is 0 Å². The molecular formula is C25H29ClN4O2. The molecule has 7 heteroatoms. The van der Waals surface area contributed by atoms with Crippen LogP contribution in [-0.4, -0.2) is 46.8 Å². The topological polar surface area (TPSA) is 58.4 Å². The van der Waals surface area contributed by atoms with Gasteiger partial charge in [0.2, 0.25) is 5.91 Å². The molecule has 0 atom stereocenters. The van der Waals surface area contributed by atoms with Crippen molar-refractivity contribution in [3.8, 4) is 5.69 Å². The van der Waals surface area contributed by atoms with E-state index in [1.165, 1.54) is 23.9 Å². The van der Waals surface area contributed by atoms with Crippen LogP contribution in [0.25, 0.3) is 5.69 Å². The molecule has 1 aliphatic heterocycles. The van der Waals surface area contributed by atoms with Gasteiger partial charge in [0.1, 0.15) is 5.02 Å². The molecular weight excluding hydrogens is 424 g/mol. The number of halogens is 1. The van der Waals surface area contributed by atoms with Crippen molar-refractivity contribution >= 4 is 23.2 Å². The Bertz CT molecular complexity index is 1060. The third-order valence-electron chi connectivity index (χ3n) is 8.30. The van der Waals surface area contributed by atoms with Crippen molar-refractivity contribution in [3.63, 3.8) is 0 Å². The van der Waals surface area contributed by atoms with E-state index in [0.717, 1.165) is 37.0 Å². The molecule has 0 N–H and O–H groups in total. The second-order valence-electron chi connectivity index (χ2n) is 10.4. The van der Waals surface area contributed by atoms with Crippen molar-refractivity contribution in [2.45, 2.75) is 38.5 Å². The van der Waals surface area contributed by atoms with E-state index >= 15 is 0 Å². The van der Waals surface area contributed by atoms with Crippen molar-refractivity contribution in [2.24, 2.45) is 23.2 Å². The highest BCUT2D eigenvalue weighted by atomic mass is 35.5. The highest BCUT2D eigenvalue weighted by Crippen LogP contribution is 2.60. The van der Waals surface area contributed by atoms with Gasteiger partial charge in [0.25, 0.3) is 5.56 Å². The molecule has 6 nitrogen and oxygen atoms in total. The summed E-state index contributed by atoms with van der Waals surface area (Å²) in [5.74, 6) is 2.70. The van der Waals surface area contributed by atoms with Crippen LogP contribution in [0.15, 0.2) is 41.3 Å². The maximum Gasteiger partial charge on any atom is 0.292 e. The molecule has 5 fully saturated rings. The number of para-hydroxylation sites is 1. The first-order valence-corrected chi connectivity index (χ1v) is 12.3. The molecule has 1 aromatic heterocycles. The summed E-state index contributed by atoms with van der Waals surface area (Å²) in [6, 6.07) is 9.30. The lowest BCUT2D eigenvalue weighted by molar-refractivity contribution is -0.158. The predicted octanol–water partition coefficient (Wildman–Crippen LogP) is 3.75. The lowest BCUT2D eigenvalue weighted by Gasteiger charge is -2.57. The number of aromatic nitrogens is 2. The summed E-state index contributed by atoms with van der Waals surface area (Å²) in [6.45, 7) is 2.71. The van der Waals surface area contributed by atoms with Crippen LogP contribution in [0.5, 0.6) is 0 Å². The molecule has 5 aliphatic rings. The lowest BCUT2D eigenvalue weighted by atomic mass is 9.49. The Kier molecular flexibility index (Phi) is 4.83. The Hall–Kier alpha value is -2.34. The summed E-state index contributed by atoms with van der Waals surface area (Å²) < 4.78 is 1.33. The molecule has 32 heavy (non-hydrogen) atoms. The zero-order chi connectivity index (χ0) is 21.9. The number of rotatable bonds is 3. The third kappa shape index (κ3) is 3.26. The molecule has 7 rings (SSSR count). The van der Waals surface area contributed by atoms with E-state index in [2.05, 4.69) is 14.9 Å². The van der Waals surface area contributed by atoms with Crippen LogP contribution in [0.1, 0.15) is 38.5 Å². The number of piperazine rings is 1. The molecule has 0 spiro atoms. The number of carbonyl (C=O) groups is 1. The summed E-state index contributed by atoms with van der Waals surface area (Å²) in [5.41, 5.74) is 0.942. The van der Waals surface area contributed by atoms with Gasteiger partial charge in [0.05, 0.1) is 23.0 Å². The summed E-state index contributed by atoms with van der Waals surface area (Å²) in [6.07, 6.45) is 9.02. The molecule has 4 saturated carbocycles. The zero-order valence-corrected chi connectivity index (χ0v) is 19.0. The summed E-state index contributed by atoms with van der Waals surface area (Å²) >= 11 is 6.50. The number of nitrogens with zero attached hydrogens (tertiary/aromatic N) is 4. The van der Waals surface area contributed by atoms with Gasteiger partial charge in [0, 0.05) is 26.2 Å². The van der Waals surface area contributed by atoms with E-state index in [-0.39, 0.29) is 16.0 Å². The first-order valence-electron chi connectivity index (χ1n) is 11.9. The van der Waals surface area contributed by atoms with Gasteiger partial charge in [0.15, 0.2) is 0 Å². The van der Waals surface area contributed by atoms with Crippen molar-refractivity contribution in [1.82, 2.24) is 14.7 Å². The maximum absolute atomic E-state index is 13.6. The summed E-state index contributed by atoms with van der Waals surface area (Å²) in [5, 5.41) is 4.55. The highest BCUT2D eigenvalue weighted by Gasteiger charge is 2.55. The molecule has 0 radical (unpaired) electrons. The van der Waals surface area contributed by atoms with E-state index in [0.29, 0.717) is 43.5 Å². The van der Waals surface area contributed by atoms with Crippen LogP contribution in [-0.2, 0) is 4.79 Å². The third-order valence-corrected chi connectivity index (χ3v) is 8.66. The van der Waals surface area contributed by atoms with Crippen molar-refractivity contribution in [1.29, 1.82) is 0 Å². The fourth-order valence-corrected chi connectivity index (χ4v) is 7.50. The van der Waals surface area contributed by atoms with Gasteiger partial charge in [-0.1, -0.05) is 29.8 Å². The van der Waals surface area contributed by atoms with Gasteiger partial charge >= 0.3 is 0 Å². The standard InChI is InChI=1S/C25H29ClN4O2/c26-22-21(16-27-30(23(22)31)20-4-2-1-3-5-20)28-6-8-29(9-7-28)24(32)25-13-17-10-18(14-25)12-19(11-17)15-25/h1-5,16-19H,6-15H2. The molecule has 0 unspecified atom stereocenters. The van der Waals surface area contributed by atoms with E-state index in [4.69, 9.17) is 11.6 Å². The lowest BCUT2D eigenvalue weighted by Crippen LogP contribution is -2.58. The highest BCUT2D eigenvalue weighted by molar-refractivity contribution is 6.33. The Morgan fingerprint density at radius 2 is 1.53 bits per heavy atom. The van der Waals surface area contributed by atoms with E-state index in [1.54, 1.807) is 6.20 Å². The maximum atomic E-state index is 13.6. The van der Waals surface area contributed by atoms with Gasteiger partial charge in [-0.15, -0.1) is 0 Å². The molecule has 168 valence electrons. The number of amides is 1. The smallest absolute Gasteiger partial charge is 0.292 e. The van der Waals surface area contributed by atoms with Crippen molar-refractivity contribution < 1.29 is 4.79 Å². The fraction of sp³-hybridized carbons (Fsp3) is 0.560. The normalized spacial score (nSPS) is 31.2. The quantitative estimate of drug-likeness (QED) is 0.711. The molecule has 2 heterocycles. The molecule has 4 aliphatic carbocycles. The van der Waals surface area contributed by atoms with Gasteiger partial charge in [-0.05, 0) is 68.4 Å². The second-order valence-corrected chi connectivity index (χ2v) is 10.8. The van der Waals surface area contributed by atoms with Crippen LogP contribution >= 0.6 is 11.6 Å². The van der Waals surface area contributed by atoms with E-state index in [1.807, 2.05) is 30.3 Å². The number of carbonyl (C=O) groups excluding carboxylic acids is 1. The van der Waals surface area contributed by atoms with Gasteiger partial charge < -0.3 is 9.80 Å². The van der Waals surface area contributed by atoms with Crippen LogP contribution in [0, 0.1) is 23.2 Å². The number of anilines is 1. The molecule has 4 bridgehead atoms. The fourth-order valence-electron chi connectivity index (χ4n) is 7.26. The largest absolute Gasteiger partial charge is 0.365 e. The minimum absolute atomic E-state index is 0.0910. The number of hydrogen-bond acceptors (Lipinski definition) is 4.